The van der Waals surface area contributed by atoms with Crippen LogP contribution in [-0.2, 0) is 0 Å². The van der Waals surface area contributed by atoms with Gasteiger partial charge in [-0.05, 0) is 5.56 Å². The molecule has 0 saturated heterocycles. The first-order valence-electron chi connectivity index (χ1n) is 4.26. The SMILES string of the molecule is N#CC(O)C(O)c1ccc(C(=N)N)cc1. The molecule has 0 radical (unpaired) electrons. The summed E-state index contributed by atoms with van der Waals surface area (Å²) in [6.45, 7) is 0. The third kappa shape index (κ3) is 2.53. The van der Waals surface area contributed by atoms with Gasteiger partial charge in [-0.15, -0.1) is 0 Å². The molecule has 0 amide bonds. The lowest BCUT2D eigenvalue weighted by Crippen LogP contribution is -2.16. The number of hydrogen-bond acceptors (Lipinski definition) is 4. The van der Waals surface area contributed by atoms with Crippen LogP contribution < -0.4 is 5.73 Å². The van der Waals surface area contributed by atoms with Gasteiger partial charge in [-0.25, -0.2) is 0 Å². The van der Waals surface area contributed by atoms with E-state index >= 15 is 0 Å². The van der Waals surface area contributed by atoms with Crippen LogP contribution in [0.25, 0.3) is 0 Å². The monoisotopic (exact) mass is 205 g/mol. The third-order valence-electron chi connectivity index (χ3n) is 1.99. The fourth-order valence-corrected chi connectivity index (χ4v) is 1.11. The van der Waals surface area contributed by atoms with Gasteiger partial charge >= 0.3 is 0 Å². The predicted octanol–water partition coefficient (Wildman–Crippen LogP) is -0.111. The topological polar surface area (TPSA) is 114 Å². The minimum absolute atomic E-state index is 0.0723. The number of nitrogens with two attached hydrogens (primary N) is 1. The van der Waals surface area contributed by atoms with Gasteiger partial charge in [0.25, 0.3) is 0 Å². The molecule has 5 nitrogen and oxygen atoms in total. The summed E-state index contributed by atoms with van der Waals surface area (Å²) in [5, 5.41) is 34.1. The zero-order valence-corrected chi connectivity index (χ0v) is 7.88. The molecule has 0 spiro atoms. The maximum Gasteiger partial charge on any atom is 0.170 e. The molecule has 0 fully saturated rings. The number of nitrogens with zero attached hydrogens (tertiary/aromatic N) is 1. The highest BCUT2D eigenvalue weighted by Gasteiger charge is 2.17. The molecule has 1 aromatic carbocycles. The Morgan fingerprint density at radius 3 is 2.27 bits per heavy atom. The first-order chi connectivity index (χ1) is 7.06. The predicted molar refractivity (Wildman–Crippen MR) is 54.0 cm³/mol. The molecule has 5 N–H and O–H groups in total. The second-order valence-corrected chi connectivity index (χ2v) is 3.05. The van der Waals surface area contributed by atoms with Crippen molar-refractivity contribution in [3.63, 3.8) is 0 Å². The van der Waals surface area contributed by atoms with Gasteiger partial charge in [-0.2, -0.15) is 5.26 Å². The van der Waals surface area contributed by atoms with E-state index in [0.717, 1.165) is 0 Å². The van der Waals surface area contributed by atoms with Crippen LogP contribution in [0.2, 0.25) is 0 Å². The molecule has 5 heteroatoms. The van der Waals surface area contributed by atoms with E-state index in [1.807, 2.05) is 0 Å². The summed E-state index contributed by atoms with van der Waals surface area (Å²) in [5.41, 5.74) is 6.18. The van der Waals surface area contributed by atoms with E-state index in [2.05, 4.69) is 0 Å². The Kier molecular flexibility index (Phi) is 3.39. The minimum atomic E-state index is -1.45. The van der Waals surface area contributed by atoms with Gasteiger partial charge in [0.1, 0.15) is 11.9 Å². The smallest absolute Gasteiger partial charge is 0.170 e. The van der Waals surface area contributed by atoms with Crippen molar-refractivity contribution < 1.29 is 10.2 Å². The van der Waals surface area contributed by atoms with Gasteiger partial charge in [0, 0.05) is 5.56 Å². The standard InChI is InChI=1S/C10H11N3O2/c11-5-8(14)9(15)6-1-3-7(4-2-6)10(12)13/h1-4,8-9,14-15H,(H3,12,13). The highest BCUT2D eigenvalue weighted by Crippen LogP contribution is 2.16. The zero-order valence-electron chi connectivity index (χ0n) is 7.88. The van der Waals surface area contributed by atoms with Crippen LogP contribution in [0.4, 0.5) is 0 Å². The maximum atomic E-state index is 9.46. The quantitative estimate of drug-likeness (QED) is 0.313. The van der Waals surface area contributed by atoms with E-state index in [9.17, 15) is 5.11 Å². The van der Waals surface area contributed by atoms with E-state index in [4.69, 9.17) is 21.5 Å². The second-order valence-electron chi connectivity index (χ2n) is 3.05. The minimum Gasteiger partial charge on any atom is -0.385 e. The van der Waals surface area contributed by atoms with E-state index in [0.29, 0.717) is 11.1 Å². The lowest BCUT2D eigenvalue weighted by Gasteiger charge is -2.12. The summed E-state index contributed by atoms with van der Waals surface area (Å²) in [6, 6.07) is 7.66. The molecule has 0 aliphatic carbocycles. The van der Waals surface area contributed by atoms with Crippen LogP contribution in [0, 0.1) is 16.7 Å². The third-order valence-corrected chi connectivity index (χ3v) is 1.99. The van der Waals surface area contributed by atoms with Crippen LogP contribution in [0.15, 0.2) is 24.3 Å². The van der Waals surface area contributed by atoms with E-state index < -0.39 is 12.2 Å². The number of amidine groups is 1. The van der Waals surface area contributed by atoms with E-state index in [1.54, 1.807) is 12.1 Å². The Morgan fingerprint density at radius 1 is 1.33 bits per heavy atom. The molecule has 2 atom stereocenters. The summed E-state index contributed by atoms with van der Waals surface area (Å²) < 4.78 is 0. The molecule has 15 heavy (non-hydrogen) atoms. The van der Waals surface area contributed by atoms with Gasteiger partial charge in [0.2, 0.25) is 0 Å². The Bertz CT molecular complexity index is 394. The first kappa shape index (κ1) is 11.2. The fourth-order valence-electron chi connectivity index (χ4n) is 1.11. The van der Waals surface area contributed by atoms with Gasteiger partial charge < -0.3 is 15.9 Å². The number of rotatable bonds is 3. The van der Waals surface area contributed by atoms with Gasteiger partial charge in [0.05, 0.1) is 6.07 Å². The Balaban J connectivity index is 2.90. The summed E-state index contributed by atoms with van der Waals surface area (Å²) in [5.74, 6) is -0.0723. The molecule has 0 saturated carbocycles. The van der Waals surface area contributed by atoms with Crippen molar-refractivity contribution in [2.24, 2.45) is 5.73 Å². The molecular weight excluding hydrogens is 194 g/mol. The summed E-state index contributed by atoms with van der Waals surface area (Å²) in [7, 11) is 0. The highest BCUT2D eigenvalue weighted by atomic mass is 16.3. The normalized spacial score (nSPS) is 13.9. The van der Waals surface area contributed by atoms with Crippen LogP contribution in [-0.4, -0.2) is 22.2 Å². The summed E-state index contributed by atoms with van der Waals surface area (Å²) >= 11 is 0. The largest absolute Gasteiger partial charge is 0.385 e. The molecule has 0 bridgehead atoms. The fraction of sp³-hybridized carbons (Fsp3) is 0.200. The van der Waals surface area contributed by atoms with Crippen LogP contribution in [0.3, 0.4) is 0 Å². The number of hydrogen-bond donors (Lipinski definition) is 4. The van der Waals surface area contributed by atoms with Crippen molar-refractivity contribution in [2.45, 2.75) is 12.2 Å². The second kappa shape index (κ2) is 4.55. The average molecular weight is 205 g/mol. The van der Waals surface area contributed by atoms with Gasteiger partial charge in [0.15, 0.2) is 6.10 Å². The van der Waals surface area contributed by atoms with E-state index in [1.165, 1.54) is 18.2 Å². The lowest BCUT2D eigenvalue weighted by atomic mass is 10.0. The zero-order chi connectivity index (χ0) is 11.4. The molecule has 0 aromatic heterocycles. The van der Waals surface area contributed by atoms with Crippen LogP contribution in [0.1, 0.15) is 17.2 Å². The average Bonchev–Trinajstić information content (AvgIpc) is 2.27. The van der Waals surface area contributed by atoms with Crippen molar-refractivity contribution in [3.8, 4) is 6.07 Å². The van der Waals surface area contributed by atoms with Crippen molar-refractivity contribution >= 4 is 5.84 Å². The first-order valence-corrected chi connectivity index (χ1v) is 4.26. The number of aliphatic hydroxyl groups excluding tert-OH is 2. The van der Waals surface area contributed by atoms with Crippen LogP contribution >= 0.6 is 0 Å². The molecular formula is C10H11N3O2. The van der Waals surface area contributed by atoms with Gasteiger partial charge in [-0.3, -0.25) is 5.41 Å². The molecule has 1 rings (SSSR count). The van der Waals surface area contributed by atoms with Gasteiger partial charge in [-0.1, -0.05) is 24.3 Å². The molecule has 0 aliphatic heterocycles. The molecule has 1 aromatic rings. The van der Waals surface area contributed by atoms with Crippen LogP contribution in [0.5, 0.6) is 0 Å². The number of nitriles is 1. The molecule has 2 unspecified atom stereocenters. The summed E-state index contributed by atoms with van der Waals surface area (Å²) in [6.07, 6.45) is -2.69. The van der Waals surface area contributed by atoms with Crippen molar-refractivity contribution in [3.05, 3.63) is 35.4 Å². The Hall–Kier alpha value is -1.90. The van der Waals surface area contributed by atoms with E-state index in [-0.39, 0.29) is 5.84 Å². The van der Waals surface area contributed by atoms with Crippen molar-refractivity contribution in [2.75, 3.05) is 0 Å². The highest BCUT2D eigenvalue weighted by molar-refractivity contribution is 5.94. The molecule has 78 valence electrons. The molecule has 0 heterocycles. The maximum absolute atomic E-state index is 9.46. The number of nitrogens with one attached hydrogen (secondary N) is 1. The summed E-state index contributed by atoms with van der Waals surface area (Å²) in [4.78, 5) is 0. The Morgan fingerprint density at radius 2 is 1.87 bits per heavy atom. The molecule has 0 aliphatic rings. The number of nitrogen functional groups attached to an aromatic ring is 1. The van der Waals surface area contributed by atoms with Crippen molar-refractivity contribution in [1.29, 1.82) is 10.7 Å². The van der Waals surface area contributed by atoms with Crippen molar-refractivity contribution in [1.82, 2.24) is 0 Å². The number of aliphatic hydroxyl groups is 2. The lowest BCUT2D eigenvalue weighted by molar-refractivity contribution is 0.0528. The number of benzene rings is 1. The Labute approximate surface area is 86.9 Å².